The number of rotatable bonds is 64. The molecule has 6 nitrogen and oxygen atoms in total. The predicted molar refractivity (Wildman–Crippen MR) is 333 cm³/mol. The van der Waals surface area contributed by atoms with Gasteiger partial charge in [0.05, 0.1) is 25.4 Å². The number of carbonyl (C=O) groups is 2. The van der Waals surface area contributed by atoms with Crippen molar-refractivity contribution < 1.29 is 24.5 Å². The summed E-state index contributed by atoms with van der Waals surface area (Å²) in [5.74, 6) is -0.0562. The van der Waals surface area contributed by atoms with E-state index in [0.717, 1.165) is 51.4 Å². The van der Waals surface area contributed by atoms with Gasteiger partial charge in [-0.05, 0) is 64.2 Å². The number of ether oxygens (including phenoxy) is 1. The Morgan fingerprint density at radius 1 is 0.368 bits per heavy atom. The van der Waals surface area contributed by atoms with E-state index in [-0.39, 0.29) is 18.5 Å². The van der Waals surface area contributed by atoms with E-state index in [2.05, 4.69) is 43.5 Å². The van der Waals surface area contributed by atoms with Crippen LogP contribution in [0, 0.1) is 0 Å². The van der Waals surface area contributed by atoms with Gasteiger partial charge in [-0.15, -0.1) is 0 Å². The largest absolute Gasteiger partial charge is 0.466 e. The molecule has 0 fully saturated rings. The minimum atomic E-state index is -0.841. The third-order valence-corrected chi connectivity index (χ3v) is 15.9. The third kappa shape index (κ3) is 61.3. The number of carbonyl (C=O) groups excluding carboxylic acids is 2. The van der Waals surface area contributed by atoms with E-state index in [9.17, 15) is 19.8 Å². The molecule has 0 saturated carbocycles. The Balaban J connectivity index is 3.33. The maximum absolute atomic E-state index is 12.5. The summed E-state index contributed by atoms with van der Waals surface area (Å²) >= 11 is 0. The first-order chi connectivity index (χ1) is 37.5. The number of amides is 1. The van der Waals surface area contributed by atoms with Crippen molar-refractivity contribution in [3.63, 3.8) is 0 Å². The van der Waals surface area contributed by atoms with Crippen molar-refractivity contribution in [1.82, 2.24) is 5.32 Å². The van der Waals surface area contributed by atoms with Crippen LogP contribution in [0.25, 0.3) is 0 Å². The first kappa shape index (κ1) is 74.1. The van der Waals surface area contributed by atoms with Crippen molar-refractivity contribution in [2.45, 2.75) is 386 Å². The van der Waals surface area contributed by atoms with E-state index < -0.39 is 12.1 Å². The molecule has 0 aliphatic carbocycles. The molecule has 448 valence electrons. The van der Waals surface area contributed by atoms with Gasteiger partial charge in [-0.1, -0.05) is 333 Å². The molecule has 0 radical (unpaired) electrons. The molecular weight excluding hydrogens is 935 g/mol. The summed E-state index contributed by atoms with van der Waals surface area (Å²) in [6.45, 7) is 4.89. The molecule has 0 bridgehead atoms. The van der Waals surface area contributed by atoms with E-state index in [1.807, 2.05) is 6.08 Å². The highest BCUT2D eigenvalue weighted by Crippen LogP contribution is 2.18. The Hall–Kier alpha value is -1.92. The van der Waals surface area contributed by atoms with E-state index in [1.54, 1.807) is 6.08 Å². The normalized spacial score (nSPS) is 12.7. The topological polar surface area (TPSA) is 95.9 Å². The van der Waals surface area contributed by atoms with Crippen LogP contribution >= 0.6 is 0 Å². The fourth-order valence-electron chi connectivity index (χ4n) is 10.7. The number of aliphatic hydroxyl groups excluding tert-OH is 2. The highest BCUT2D eigenvalue weighted by molar-refractivity contribution is 5.76. The lowest BCUT2D eigenvalue weighted by Crippen LogP contribution is -2.45. The van der Waals surface area contributed by atoms with Gasteiger partial charge in [0.1, 0.15) is 0 Å². The van der Waals surface area contributed by atoms with Crippen LogP contribution in [-0.2, 0) is 14.3 Å². The minimum Gasteiger partial charge on any atom is -0.466 e. The zero-order valence-corrected chi connectivity index (χ0v) is 51.3. The molecule has 0 aromatic heterocycles. The first-order valence-corrected chi connectivity index (χ1v) is 34.3. The van der Waals surface area contributed by atoms with Gasteiger partial charge < -0.3 is 20.3 Å². The number of unbranched alkanes of at least 4 members (excludes halogenated alkanes) is 49. The van der Waals surface area contributed by atoms with Gasteiger partial charge in [0.2, 0.25) is 5.91 Å². The molecule has 0 aromatic rings. The van der Waals surface area contributed by atoms with Gasteiger partial charge >= 0.3 is 5.97 Å². The van der Waals surface area contributed by atoms with Crippen LogP contribution in [-0.4, -0.2) is 47.4 Å². The molecule has 0 saturated heterocycles. The van der Waals surface area contributed by atoms with Gasteiger partial charge in [0.25, 0.3) is 0 Å². The molecule has 3 N–H and O–H groups in total. The van der Waals surface area contributed by atoms with Crippen molar-refractivity contribution in [3.05, 3.63) is 36.5 Å². The maximum Gasteiger partial charge on any atom is 0.305 e. The summed E-state index contributed by atoms with van der Waals surface area (Å²) in [5, 5.41) is 23.1. The summed E-state index contributed by atoms with van der Waals surface area (Å²) in [6.07, 6.45) is 83.7. The fourth-order valence-corrected chi connectivity index (χ4v) is 10.7. The zero-order chi connectivity index (χ0) is 55.0. The van der Waals surface area contributed by atoms with Gasteiger partial charge in [-0.2, -0.15) is 0 Å². The molecule has 1 amide bonds. The molecule has 0 spiro atoms. The second-order valence-electron chi connectivity index (χ2n) is 23.5. The molecule has 76 heavy (non-hydrogen) atoms. The summed E-state index contributed by atoms with van der Waals surface area (Å²) in [4.78, 5) is 24.5. The smallest absolute Gasteiger partial charge is 0.305 e. The van der Waals surface area contributed by atoms with Crippen LogP contribution in [0.3, 0.4) is 0 Å². The lowest BCUT2D eigenvalue weighted by Gasteiger charge is -2.20. The summed E-state index contributed by atoms with van der Waals surface area (Å²) in [7, 11) is 0. The summed E-state index contributed by atoms with van der Waals surface area (Å²) < 4.78 is 5.49. The van der Waals surface area contributed by atoms with Crippen LogP contribution in [0.1, 0.15) is 373 Å². The molecular formula is C70H133NO5. The Morgan fingerprint density at radius 3 is 1.03 bits per heavy atom. The lowest BCUT2D eigenvalue weighted by molar-refractivity contribution is -0.143. The van der Waals surface area contributed by atoms with Crippen LogP contribution in [0.2, 0.25) is 0 Å². The number of esters is 1. The van der Waals surface area contributed by atoms with Gasteiger partial charge in [-0.3, -0.25) is 9.59 Å². The number of aliphatic hydroxyl groups is 2. The molecule has 0 heterocycles. The van der Waals surface area contributed by atoms with Gasteiger partial charge in [0, 0.05) is 12.8 Å². The molecule has 2 atom stereocenters. The highest BCUT2D eigenvalue weighted by Gasteiger charge is 2.18. The van der Waals surface area contributed by atoms with E-state index in [0.29, 0.717) is 19.4 Å². The van der Waals surface area contributed by atoms with Crippen molar-refractivity contribution in [3.8, 4) is 0 Å². The first-order valence-electron chi connectivity index (χ1n) is 34.3. The number of nitrogens with one attached hydrogen (secondary N) is 1. The standard InChI is InChI=1S/C70H133NO5/c1-3-5-7-9-11-13-15-17-35-40-44-48-52-56-60-64-70(75)76-65-61-57-53-49-45-41-37-34-32-30-28-26-24-22-20-18-19-21-23-25-27-29-31-33-36-39-43-47-51-55-59-63-69(74)71-67(66-72)68(73)62-58-54-50-46-42-38-16-14-12-10-8-6-4-2/h11,13,17,35,58,62,67-68,72-73H,3-10,12,14-16,18-34,36-57,59-61,63-66H2,1-2H3,(H,71,74)/b13-11-,35-17-,62-58+/t67-,68+/m0/s1. The van der Waals surface area contributed by atoms with Crippen LogP contribution in [0.4, 0.5) is 0 Å². The number of hydrogen-bond acceptors (Lipinski definition) is 5. The molecule has 6 heteroatoms. The van der Waals surface area contributed by atoms with Crippen molar-refractivity contribution >= 4 is 11.9 Å². The van der Waals surface area contributed by atoms with E-state index in [4.69, 9.17) is 4.74 Å². The van der Waals surface area contributed by atoms with Gasteiger partial charge in [0.15, 0.2) is 0 Å². The second-order valence-corrected chi connectivity index (χ2v) is 23.5. The molecule has 0 aliphatic rings. The summed E-state index contributed by atoms with van der Waals surface area (Å²) in [6, 6.07) is -0.624. The molecule has 0 aromatic carbocycles. The average molecular weight is 1070 g/mol. The number of hydrogen-bond donors (Lipinski definition) is 3. The summed E-state index contributed by atoms with van der Waals surface area (Å²) in [5.41, 5.74) is 0. The van der Waals surface area contributed by atoms with Crippen molar-refractivity contribution in [1.29, 1.82) is 0 Å². The van der Waals surface area contributed by atoms with Crippen molar-refractivity contribution in [2.75, 3.05) is 13.2 Å². The van der Waals surface area contributed by atoms with Crippen LogP contribution < -0.4 is 5.32 Å². The van der Waals surface area contributed by atoms with E-state index in [1.165, 1.54) is 295 Å². The fraction of sp³-hybridized carbons (Fsp3) is 0.886. The van der Waals surface area contributed by atoms with Crippen molar-refractivity contribution in [2.24, 2.45) is 0 Å². The Morgan fingerprint density at radius 2 is 0.658 bits per heavy atom. The molecule has 0 rings (SSSR count). The molecule has 0 aliphatic heterocycles. The monoisotopic (exact) mass is 1070 g/mol. The van der Waals surface area contributed by atoms with Gasteiger partial charge in [-0.25, -0.2) is 0 Å². The quantitative estimate of drug-likeness (QED) is 0.0320. The zero-order valence-electron chi connectivity index (χ0n) is 51.3. The molecule has 0 unspecified atom stereocenters. The number of allylic oxidation sites excluding steroid dienone is 5. The Labute approximate surface area is 474 Å². The van der Waals surface area contributed by atoms with E-state index >= 15 is 0 Å². The Kier molecular flexibility index (Phi) is 63.9. The maximum atomic E-state index is 12.5. The predicted octanol–water partition coefficient (Wildman–Crippen LogP) is 21.9. The highest BCUT2D eigenvalue weighted by atomic mass is 16.5. The van der Waals surface area contributed by atoms with Crippen LogP contribution in [0.15, 0.2) is 36.5 Å². The Bertz CT molecular complexity index is 1230. The lowest BCUT2D eigenvalue weighted by atomic mass is 10.0. The van der Waals surface area contributed by atoms with Crippen LogP contribution in [0.5, 0.6) is 0 Å². The average Bonchev–Trinajstić information content (AvgIpc) is 3.42. The second kappa shape index (κ2) is 65.6. The third-order valence-electron chi connectivity index (χ3n) is 15.9. The SMILES string of the molecule is CCCCC/C=C\C/C=C\CCCCCCCC(=O)OCCCCCCCCCCCCCCCCCCCCCCCCCCCCCCCCCC(=O)N[C@@H](CO)[C@H](O)/C=C/CCCCCCCCCCCCC. The minimum absolute atomic E-state index is 0.00648.